The minimum absolute atomic E-state index is 0.0539. The molecule has 0 aliphatic carbocycles. The summed E-state index contributed by atoms with van der Waals surface area (Å²) in [6, 6.07) is 1.51. The molecule has 0 N–H and O–H groups in total. The van der Waals surface area contributed by atoms with Gasteiger partial charge in [0.2, 0.25) is 5.65 Å². The van der Waals surface area contributed by atoms with Crippen molar-refractivity contribution in [3.8, 4) is 0 Å². The average Bonchev–Trinajstić information content (AvgIpc) is 3.03. The summed E-state index contributed by atoms with van der Waals surface area (Å²) >= 11 is 0. The maximum atomic E-state index is 14.4. The van der Waals surface area contributed by atoms with Gasteiger partial charge in [0.05, 0.1) is 5.52 Å². The first-order valence-corrected chi connectivity index (χ1v) is 7.36. The summed E-state index contributed by atoms with van der Waals surface area (Å²) in [6.07, 6.45) is 0. The van der Waals surface area contributed by atoms with Crippen LogP contribution in [-0.2, 0) is 0 Å². The summed E-state index contributed by atoms with van der Waals surface area (Å²) in [6.45, 7) is 4.68. The number of hydrogen-bond donors (Lipinski definition) is 0. The zero-order chi connectivity index (χ0) is 16.1. The van der Waals surface area contributed by atoms with E-state index in [0.717, 1.165) is 26.2 Å². The van der Waals surface area contributed by atoms with Gasteiger partial charge in [0.15, 0.2) is 17.5 Å². The normalized spacial score (nSPS) is 16.6. The van der Waals surface area contributed by atoms with Crippen LogP contribution in [0, 0.1) is 18.6 Å². The van der Waals surface area contributed by atoms with Gasteiger partial charge in [0, 0.05) is 26.2 Å². The van der Waals surface area contributed by atoms with Crippen LogP contribution < -0.4 is 4.90 Å². The predicted molar refractivity (Wildman–Crippen MR) is 80.4 cm³/mol. The molecule has 0 radical (unpaired) electrons. The number of fused-ring (bicyclic) bond motifs is 3. The topological polar surface area (TPSA) is 62.5 Å². The molecule has 1 aromatic carbocycles. The summed E-state index contributed by atoms with van der Waals surface area (Å²) in [5, 5.41) is 11.6. The Labute approximate surface area is 130 Å². The number of aryl methyl sites for hydroxylation is 1. The van der Waals surface area contributed by atoms with Gasteiger partial charge >= 0.3 is 0 Å². The third-order valence-electron chi connectivity index (χ3n) is 4.26. The maximum Gasteiger partial charge on any atom is 0.222 e. The van der Waals surface area contributed by atoms with Gasteiger partial charge < -0.3 is 9.80 Å². The third-order valence-corrected chi connectivity index (χ3v) is 4.26. The zero-order valence-electron chi connectivity index (χ0n) is 12.8. The third kappa shape index (κ3) is 2.11. The van der Waals surface area contributed by atoms with E-state index in [2.05, 4.69) is 25.4 Å². The van der Waals surface area contributed by atoms with Crippen molar-refractivity contribution >= 4 is 22.5 Å². The van der Waals surface area contributed by atoms with E-state index in [9.17, 15) is 8.78 Å². The molecule has 2 aromatic heterocycles. The van der Waals surface area contributed by atoms with Crippen molar-refractivity contribution in [2.75, 3.05) is 38.1 Å². The highest BCUT2D eigenvalue weighted by Gasteiger charge is 2.23. The van der Waals surface area contributed by atoms with E-state index in [0.29, 0.717) is 17.0 Å². The lowest BCUT2D eigenvalue weighted by molar-refractivity contribution is 0.312. The van der Waals surface area contributed by atoms with Crippen LogP contribution in [0.1, 0.15) is 5.56 Å². The van der Waals surface area contributed by atoms with Crippen molar-refractivity contribution in [3.63, 3.8) is 0 Å². The molecule has 1 aliphatic heterocycles. The van der Waals surface area contributed by atoms with Gasteiger partial charge in [-0.3, -0.25) is 0 Å². The second kappa shape index (κ2) is 5.05. The molecule has 120 valence electrons. The van der Waals surface area contributed by atoms with Gasteiger partial charge in [0.1, 0.15) is 5.52 Å². The predicted octanol–water partition coefficient (Wildman–Crippen LogP) is 1.01. The summed E-state index contributed by atoms with van der Waals surface area (Å²) in [4.78, 5) is 8.55. The number of halogens is 2. The fourth-order valence-corrected chi connectivity index (χ4v) is 2.87. The van der Waals surface area contributed by atoms with Gasteiger partial charge in [-0.2, -0.15) is 4.52 Å². The molecule has 1 aliphatic rings. The standard InChI is InChI=1S/C14H15F2N7/c1-8-7-9-12(11(16)10(8)15)17-13(14-18-19-20-23(9)14)22-5-3-21(2)4-6-22/h7H,3-6H2,1-2H3. The number of nitrogens with zero attached hydrogens (tertiary/aromatic N) is 7. The van der Waals surface area contributed by atoms with Gasteiger partial charge in [-0.25, -0.2) is 13.8 Å². The quantitative estimate of drug-likeness (QED) is 0.667. The largest absolute Gasteiger partial charge is 0.351 e. The van der Waals surface area contributed by atoms with Crippen LogP contribution in [0.3, 0.4) is 0 Å². The van der Waals surface area contributed by atoms with E-state index in [1.165, 1.54) is 17.5 Å². The monoisotopic (exact) mass is 319 g/mol. The average molecular weight is 319 g/mol. The fourth-order valence-electron chi connectivity index (χ4n) is 2.87. The SMILES string of the molecule is Cc1cc2c(nc(N3CCN(C)CC3)c3nnnn32)c(F)c1F. The van der Waals surface area contributed by atoms with Crippen LogP contribution in [-0.4, -0.2) is 63.2 Å². The molecular weight excluding hydrogens is 304 g/mol. The molecular formula is C14H15F2N7. The summed E-state index contributed by atoms with van der Waals surface area (Å²) in [5.41, 5.74) is 0.953. The Morgan fingerprint density at radius 2 is 1.83 bits per heavy atom. The number of benzene rings is 1. The molecule has 7 nitrogen and oxygen atoms in total. The van der Waals surface area contributed by atoms with Crippen molar-refractivity contribution in [3.05, 3.63) is 23.3 Å². The maximum absolute atomic E-state index is 14.4. The highest BCUT2D eigenvalue weighted by Crippen LogP contribution is 2.27. The molecule has 3 aromatic rings. The second-order valence-corrected chi connectivity index (χ2v) is 5.83. The van der Waals surface area contributed by atoms with Crippen LogP contribution in [0.4, 0.5) is 14.6 Å². The number of anilines is 1. The minimum atomic E-state index is -0.965. The van der Waals surface area contributed by atoms with Gasteiger partial charge in [-0.1, -0.05) is 0 Å². The van der Waals surface area contributed by atoms with E-state index in [1.54, 1.807) is 0 Å². The number of likely N-dealkylation sites (N-methyl/N-ethyl adjacent to an activating group) is 1. The number of hydrogen-bond acceptors (Lipinski definition) is 6. The first kappa shape index (κ1) is 14.2. The van der Waals surface area contributed by atoms with Crippen LogP contribution in [0.5, 0.6) is 0 Å². The molecule has 23 heavy (non-hydrogen) atoms. The van der Waals surface area contributed by atoms with Gasteiger partial charge in [0.25, 0.3) is 0 Å². The molecule has 0 amide bonds. The van der Waals surface area contributed by atoms with Crippen LogP contribution >= 0.6 is 0 Å². The van der Waals surface area contributed by atoms with Crippen LogP contribution in [0.2, 0.25) is 0 Å². The molecule has 9 heteroatoms. The molecule has 0 saturated carbocycles. The van der Waals surface area contributed by atoms with Crippen molar-refractivity contribution in [1.29, 1.82) is 0 Å². The molecule has 1 saturated heterocycles. The Morgan fingerprint density at radius 3 is 2.57 bits per heavy atom. The van der Waals surface area contributed by atoms with Crippen molar-refractivity contribution in [1.82, 2.24) is 29.9 Å². The van der Waals surface area contributed by atoms with E-state index < -0.39 is 11.6 Å². The lowest BCUT2D eigenvalue weighted by atomic mass is 10.2. The molecule has 4 rings (SSSR count). The molecule has 0 bridgehead atoms. The first-order valence-electron chi connectivity index (χ1n) is 7.36. The Hall–Kier alpha value is -2.42. The van der Waals surface area contributed by atoms with Gasteiger partial charge in [-0.15, -0.1) is 5.10 Å². The summed E-state index contributed by atoms with van der Waals surface area (Å²) < 4.78 is 29.7. The van der Waals surface area contributed by atoms with E-state index >= 15 is 0 Å². The number of tetrazole rings is 1. The van der Waals surface area contributed by atoms with E-state index in [4.69, 9.17) is 0 Å². The Balaban J connectivity index is 1.98. The first-order chi connectivity index (χ1) is 11.1. The molecule has 0 unspecified atom stereocenters. The van der Waals surface area contributed by atoms with Crippen molar-refractivity contribution in [2.45, 2.75) is 6.92 Å². The lowest BCUT2D eigenvalue weighted by Gasteiger charge is -2.33. The van der Waals surface area contributed by atoms with Crippen LogP contribution in [0.15, 0.2) is 6.07 Å². The zero-order valence-corrected chi connectivity index (χ0v) is 12.8. The Bertz CT molecular complexity index is 899. The smallest absolute Gasteiger partial charge is 0.222 e. The molecule has 0 atom stereocenters. The Kier molecular flexibility index (Phi) is 3.12. The molecule has 0 spiro atoms. The summed E-state index contributed by atoms with van der Waals surface area (Å²) in [5.74, 6) is -1.37. The van der Waals surface area contributed by atoms with Crippen molar-refractivity contribution < 1.29 is 8.78 Å². The van der Waals surface area contributed by atoms with Crippen LogP contribution in [0.25, 0.3) is 16.7 Å². The number of aromatic nitrogens is 5. The molecule has 3 heterocycles. The highest BCUT2D eigenvalue weighted by atomic mass is 19.2. The van der Waals surface area contributed by atoms with Crippen molar-refractivity contribution in [2.24, 2.45) is 0 Å². The minimum Gasteiger partial charge on any atom is -0.351 e. The van der Waals surface area contributed by atoms with E-state index in [1.807, 2.05) is 11.9 Å². The number of piperazine rings is 1. The molecule has 1 fully saturated rings. The summed E-state index contributed by atoms with van der Waals surface area (Å²) in [7, 11) is 2.04. The van der Waals surface area contributed by atoms with Gasteiger partial charge in [-0.05, 0) is 36.0 Å². The second-order valence-electron chi connectivity index (χ2n) is 5.83. The van der Waals surface area contributed by atoms with E-state index in [-0.39, 0.29) is 11.1 Å². The Morgan fingerprint density at radius 1 is 1.09 bits per heavy atom. The number of rotatable bonds is 1. The fraction of sp³-hybridized carbons (Fsp3) is 0.429. The lowest BCUT2D eigenvalue weighted by Crippen LogP contribution is -2.45. The highest BCUT2D eigenvalue weighted by molar-refractivity contribution is 5.83.